The molecule has 1 aromatic carbocycles. The summed E-state index contributed by atoms with van der Waals surface area (Å²) in [6, 6.07) is 10.7. The first kappa shape index (κ1) is 12.6. The molecule has 1 nitrogen and oxygen atoms in total. The van der Waals surface area contributed by atoms with Gasteiger partial charge in [-0.3, -0.25) is 0 Å². The highest BCUT2D eigenvalue weighted by Gasteiger charge is 2.16. The second-order valence-corrected chi connectivity index (χ2v) is 5.92. The van der Waals surface area contributed by atoms with Crippen LogP contribution in [0.15, 0.2) is 30.3 Å². The van der Waals surface area contributed by atoms with Crippen molar-refractivity contribution in [3.63, 3.8) is 0 Å². The molecule has 0 saturated heterocycles. The molecule has 0 radical (unpaired) electrons. The topological polar surface area (TPSA) is 12.0 Å². The summed E-state index contributed by atoms with van der Waals surface area (Å²) in [4.78, 5) is 2.62. The van der Waals surface area contributed by atoms with Gasteiger partial charge >= 0.3 is 0 Å². The minimum atomic E-state index is 0.182. The van der Waals surface area contributed by atoms with Crippen molar-refractivity contribution in [2.75, 3.05) is 7.05 Å². The molecule has 1 N–H and O–H groups in total. The van der Waals surface area contributed by atoms with Gasteiger partial charge in [0.1, 0.15) is 0 Å². The number of hydrogen-bond acceptors (Lipinski definition) is 2. The molecule has 0 amide bonds. The highest BCUT2D eigenvalue weighted by molar-refractivity contribution is 7.12. The molecular weight excluding hydrogens is 250 g/mol. The van der Waals surface area contributed by atoms with Gasteiger partial charge in [0, 0.05) is 14.8 Å². The van der Waals surface area contributed by atoms with Crippen LogP contribution in [0.5, 0.6) is 0 Å². The lowest BCUT2D eigenvalue weighted by Gasteiger charge is -2.17. The van der Waals surface area contributed by atoms with Crippen molar-refractivity contribution < 1.29 is 0 Å². The molecule has 0 bridgehead atoms. The van der Waals surface area contributed by atoms with E-state index in [1.807, 2.05) is 24.5 Å². The Hall–Kier alpha value is -0.830. The monoisotopic (exact) mass is 265 g/mol. The first-order chi connectivity index (χ1) is 8.11. The van der Waals surface area contributed by atoms with Crippen LogP contribution in [0.3, 0.4) is 0 Å². The van der Waals surface area contributed by atoms with Crippen LogP contribution in [-0.2, 0) is 0 Å². The SMILES string of the molecule is CNC(c1ccc(C)s1)c1ccc(C)cc1Cl. The van der Waals surface area contributed by atoms with E-state index in [0.29, 0.717) is 0 Å². The molecule has 2 rings (SSSR count). The molecule has 17 heavy (non-hydrogen) atoms. The summed E-state index contributed by atoms with van der Waals surface area (Å²) < 4.78 is 0. The van der Waals surface area contributed by atoms with E-state index in [1.54, 1.807) is 0 Å². The van der Waals surface area contributed by atoms with Crippen LogP contribution in [0.4, 0.5) is 0 Å². The number of nitrogens with one attached hydrogen (secondary N) is 1. The first-order valence-corrected chi connectivity index (χ1v) is 6.81. The van der Waals surface area contributed by atoms with E-state index in [9.17, 15) is 0 Å². The van der Waals surface area contributed by atoms with E-state index in [1.165, 1.54) is 15.3 Å². The minimum Gasteiger partial charge on any atom is -0.309 e. The fraction of sp³-hybridized carbons (Fsp3) is 0.286. The predicted molar refractivity (Wildman–Crippen MR) is 76.1 cm³/mol. The quantitative estimate of drug-likeness (QED) is 0.871. The van der Waals surface area contributed by atoms with Crippen LogP contribution in [0.25, 0.3) is 0 Å². The van der Waals surface area contributed by atoms with E-state index in [2.05, 4.69) is 43.4 Å². The summed E-state index contributed by atoms with van der Waals surface area (Å²) in [5.74, 6) is 0. The Morgan fingerprint density at radius 3 is 2.47 bits per heavy atom. The molecule has 0 aliphatic carbocycles. The van der Waals surface area contributed by atoms with Gasteiger partial charge in [0.2, 0.25) is 0 Å². The van der Waals surface area contributed by atoms with Gasteiger partial charge in [-0.05, 0) is 50.2 Å². The molecule has 3 heteroatoms. The number of halogens is 1. The molecule has 1 aromatic heterocycles. The molecule has 2 aromatic rings. The molecule has 1 heterocycles. The van der Waals surface area contributed by atoms with Gasteiger partial charge in [0.15, 0.2) is 0 Å². The van der Waals surface area contributed by atoms with E-state index in [-0.39, 0.29) is 6.04 Å². The van der Waals surface area contributed by atoms with Gasteiger partial charge in [0.05, 0.1) is 6.04 Å². The lowest BCUT2D eigenvalue weighted by atomic mass is 10.0. The zero-order valence-electron chi connectivity index (χ0n) is 10.3. The molecular formula is C14H16ClNS. The number of hydrogen-bond donors (Lipinski definition) is 1. The maximum atomic E-state index is 6.32. The zero-order valence-corrected chi connectivity index (χ0v) is 11.8. The average Bonchev–Trinajstić information content (AvgIpc) is 2.69. The molecule has 0 aliphatic rings. The van der Waals surface area contributed by atoms with E-state index in [4.69, 9.17) is 11.6 Å². The van der Waals surface area contributed by atoms with E-state index >= 15 is 0 Å². The van der Waals surface area contributed by atoms with Crippen LogP contribution in [-0.4, -0.2) is 7.05 Å². The number of rotatable bonds is 3. The Morgan fingerprint density at radius 2 is 1.94 bits per heavy atom. The summed E-state index contributed by atoms with van der Waals surface area (Å²) in [5, 5.41) is 4.16. The van der Waals surface area contributed by atoms with E-state index < -0.39 is 0 Å². The molecule has 1 atom stereocenters. The van der Waals surface area contributed by atoms with Crippen molar-refractivity contribution in [3.8, 4) is 0 Å². The Kier molecular flexibility index (Phi) is 3.87. The maximum absolute atomic E-state index is 6.32. The summed E-state index contributed by atoms with van der Waals surface area (Å²) in [6.07, 6.45) is 0. The molecule has 0 fully saturated rings. The Bertz CT molecular complexity index is 519. The fourth-order valence-electron chi connectivity index (χ4n) is 1.93. The van der Waals surface area contributed by atoms with E-state index in [0.717, 1.165) is 10.6 Å². The molecule has 0 saturated carbocycles. The zero-order chi connectivity index (χ0) is 12.4. The summed E-state index contributed by atoms with van der Waals surface area (Å²) in [7, 11) is 1.97. The molecule has 90 valence electrons. The minimum absolute atomic E-state index is 0.182. The molecule has 0 spiro atoms. The van der Waals surface area contributed by atoms with Crippen LogP contribution in [0, 0.1) is 13.8 Å². The fourth-order valence-corrected chi connectivity index (χ4v) is 3.28. The van der Waals surface area contributed by atoms with Gasteiger partial charge in [-0.1, -0.05) is 23.7 Å². The van der Waals surface area contributed by atoms with Crippen molar-refractivity contribution >= 4 is 22.9 Å². The predicted octanol–water partition coefficient (Wildman–Crippen LogP) is 4.33. The maximum Gasteiger partial charge on any atom is 0.0683 e. The molecule has 1 unspecified atom stereocenters. The number of thiophene rings is 1. The Labute approximate surface area is 111 Å². The second kappa shape index (κ2) is 5.21. The number of aryl methyl sites for hydroxylation is 2. The third kappa shape index (κ3) is 2.71. The summed E-state index contributed by atoms with van der Waals surface area (Å²) >= 11 is 8.13. The van der Waals surface area contributed by atoms with Crippen molar-refractivity contribution in [1.82, 2.24) is 5.32 Å². The second-order valence-electron chi connectivity index (χ2n) is 4.20. The van der Waals surface area contributed by atoms with Crippen LogP contribution < -0.4 is 5.32 Å². The van der Waals surface area contributed by atoms with Gasteiger partial charge in [-0.15, -0.1) is 11.3 Å². The van der Waals surface area contributed by atoms with Crippen LogP contribution in [0.1, 0.15) is 26.9 Å². The highest BCUT2D eigenvalue weighted by Crippen LogP contribution is 2.32. The van der Waals surface area contributed by atoms with Gasteiger partial charge in [-0.25, -0.2) is 0 Å². The van der Waals surface area contributed by atoms with Gasteiger partial charge in [-0.2, -0.15) is 0 Å². The summed E-state index contributed by atoms with van der Waals surface area (Å²) in [6.45, 7) is 4.18. The van der Waals surface area contributed by atoms with Crippen LogP contribution >= 0.6 is 22.9 Å². The Balaban J connectivity index is 2.42. The van der Waals surface area contributed by atoms with Crippen molar-refractivity contribution in [2.45, 2.75) is 19.9 Å². The lowest BCUT2D eigenvalue weighted by Crippen LogP contribution is -2.16. The third-order valence-corrected chi connectivity index (χ3v) is 4.19. The smallest absolute Gasteiger partial charge is 0.0683 e. The standard InChI is InChI=1S/C14H16ClNS/c1-9-4-6-11(12(15)8-9)14(16-3)13-7-5-10(2)17-13/h4-8,14,16H,1-3H3. The normalized spacial score (nSPS) is 12.7. The molecule has 0 aliphatic heterocycles. The van der Waals surface area contributed by atoms with Crippen molar-refractivity contribution in [1.29, 1.82) is 0 Å². The largest absolute Gasteiger partial charge is 0.309 e. The highest BCUT2D eigenvalue weighted by atomic mass is 35.5. The van der Waals surface area contributed by atoms with Gasteiger partial charge < -0.3 is 5.32 Å². The first-order valence-electron chi connectivity index (χ1n) is 5.61. The number of benzene rings is 1. The van der Waals surface area contributed by atoms with Crippen molar-refractivity contribution in [2.24, 2.45) is 0 Å². The lowest BCUT2D eigenvalue weighted by molar-refractivity contribution is 0.704. The van der Waals surface area contributed by atoms with Crippen molar-refractivity contribution in [3.05, 3.63) is 56.2 Å². The van der Waals surface area contributed by atoms with Gasteiger partial charge in [0.25, 0.3) is 0 Å². The average molecular weight is 266 g/mol. The van der Waals surface area contributed by atoms with Crippen LogP contribution in [0.2, 0.25) is 5.02 Å². The third-order valence-electron chi connectivity index (χ3n) is 2.80. The Morgan fingerprint density at radius 1 is 1.18 bits per heavy atom. The summed E-state index contributed by atoms with van der Waals surface area (Å²) in [5.41, 5.74) is 2.33.